The first-order valence-corrected chi connectivity index (χ1v) is 8.71. The zero-order valence-corrected chi connectivity index (χ0v) is 15.9. The molecular formula is C22H18N4O3. The summed E-state index contributed by atoms with van der Waals surface area (Å²) in [6, 6.07) is 14.0. The van der Waals surface area contributed by atoms with Crippen LogP contribution in [-0.4, -0.2) is 34.0 Å². The van der Waals surface area contributed by atoms with Crippen molar-refractivity contribution in [1.82, 2.24) is 15.4 Å². The predicted octanol–water partition coefficient (Wildman–Crippen LogP) is 2.65. The average Bonchev–Trinajstić information content (AvgIpc) is 2.77. The molecule has 2 aromatic heterocycles. The zero-order valence-electron chi connectivity index (χ0n) is 15.9. The second-order valence-corrected chi connectivity index (χ2v) is 6.19. The van der Waals surface area contributed by atoms with Gasteiger partial charge in [-0.3, -0.25) is 19.8 Å². The average molecular weight is 386 g/mol. The lowest BCUT2D eigenvalue weighted by molar-refractivity contribution is -0.116. The van der Waals surface area contributed by atoms with E-state index in [1.165, 1.54) is 17.9 Å². The van der Waals surface area contributed by atoms with Gasteiger partial charge in [-0.1, -0.05) is 24.0 Å². The van der Waals surface area contributed by atoms with Crippen molar-refractivity contribution in [2.24, 2.45) is 0 Å². The van der Waals surface area contributed by atoms with Gasteiger partial charge in [-0.25, -0.2) is 10.5 Å². The minimum absolute atomic E-state index is 0.182. The fourth-order valence-corrected chi connectivity index (χ4v) is 2.50. The van der Waals surface area contributed by atoms with Crippen molar-refractivity contribution < 1.29 is 14.8 Å². The van der Waals surface area contributed by atoms with E-state index in [1.54, 1.807) is 31.0 Å². The number of hydroxylamine groups is 1. The fourth-order valence-electron chi connectivity index (χ4n) is 2.50. The number of anilines is 1. The molecule has 29 heavy (non-hydrogen) atoms. The van der Waals surface area contributed by atoms with E-state index in [0.29, 0.717) is 11.5 Å². The van der Waals surface area contributed by atoms with Crippen LogP contribution in [0.2, 0.25) is 0 Å². The molecule has 0 saturated heterocycles. The second-order valence-electron chi connectivity index (χ2n) is 6.19. The Morgan fingerprint density at radius 3 is 2.41 bits per heavy atom. The third-order valence-electron chi connectivity index (χ3n) is 4.18. The molecule has 0 aliphatic carbocycles. The van der Waals surface area contributed by atoms with E-state index < -0.39 is 5.91 Å². The summed E-state index contributed by atoms with van der Waals surface area (Å²) in [6.07, 6.45) is 3.38. The Balaban J connectivity index is 1.95. The standard InChI is InChI=1S/C22H18N4O3/c1-15(27)26(2)21-13-19(22(28)25-29)12-20(24-21)18-9-7-16(8-10-18)5-6-17-4-3-11-23-14-17/h3-4,7-14,29H,1-2H3,(H,25,28). The minimum Gasteiger partial charge on any atom is -0.300 e. The molecular weight excluding hydrogens is 368 g/mol. The Kier molecular flexibility index (Phi) is 5.97. The molecule has 7 heteroatoms. The maximum atomic E-state index is 11.9. The van der Waals surface area contributed by atoms with Crippen LogP contribution < -0.4 is 10.4 Å². The van der Waals surface area contributed by atoms with E-state index in [2.05, 4.69) is 21.8 Å². The molecule has 144 valence electrons. The summed E-state index contributed by atoms with van der Waals surface area (Å²) in [6.45, 7) is 1.40. The molecule has 0 unspecified atom stereocenters. The molecule has 2 amide bonds. The fraction of sp³-hybridized carbons (Fsp3) is 0.0909. The van der Waals surface area contributed by atoms with Crippen molar-refractivity contribution in [3.63, 3.8) is 0 Å². The second kappa shape index (κ2) is 8.78. The van der Waals surface area contributed by atoms with Crippen molar-refractivity contribution in [3.8, 4) is 23.1 Å². The van der Waals surface area contributed by atoms with E-state index in [9.17, 15) is 9.59 Å². The summed E-state index contributed by atoms with van der Waals surface area (Å²) in [5, 5.41) is 8.96. The van der Waals surface area contributed by atoms with Gasteiger partial charge in [0.05, 0.1) is 5.69 Å². The first kappa shape index (κ1) is 19.7. The van der Waals surface area contributed by atoms with Gasteiger partial charge in [-0.05, 0) is 36.4 Å². The van der Waals surface area contributed by atoms with Crippen LogP contribution in [0.5, 0.6) is 0 Å². The number of carbonyl (C=O) groups is 2. The van der Waals surface area contributed by atoms with Crippen LogP contribution in [0, 0.1) is 11.8 Å². The maximum Gasteiger partial charge on any atom is 0.274 e. The highest BCUT2D eigenvalue weighted by molar-refractivity contribution is 5.97. The van der Waals surface area contributed by atoms with Crippen molar-refractivity contribution in [2.75, 3.05) is 11.9 Å². The van der Waals surface area contributed by atoms with Gasteiger partial charge in [0, 0.05) is 48.6 Å². The van der Waals surface area contributed by atoms with E-state index in [1.807, 2.05) is 36.4 Å². The van der Waals surface area contributed by atoms with Crippen molar-refractivity contribution in [1.29, 1.82) is 0 Å². The van der Waals surface area contributed by atoms with Crippen LogP contribution in [0.15, 0.2) is 60.9 Å². The van der Waals surface area contributed by atoms with Crippen LogP contribution in [0.25, 0.3) is 11.3 Å². The molecule has 1 aromatic carbocycles. The number of nitrogens with one attached hydrogen (secondary N) is 1. The summed E-state index contributed by atoms with van der Waals surface area (Å²) >= 11 is 0. The minimum atomic E-state index is -0.689. The summed E-state index contributed by atoms with van der Waals surface area (Å²) in [5.74, 6) is 5.48. The van der Waals surface area contributed by atoms with Gasteiger partial charge in [0.25, 0.3) is 5.91 Å². The largest absolute Gasteiger partial charge is 0.300 e. The lowest BCUT2D eigenvalue weighted by Crippen LogP contribution is -2.25. The number of hydrogen-bond donors (Lipinski definition) is 2. The molecule has 0 spiro atoms. The van der Waals surface area contributed by atoms with Gasteiger partial charge in [0.1, 0.15) is 5.82 Å². The number of benzene rings is 1. The lowest BCUT2D eigenvalue weighted by Gasteiger charge is -2.16. The molecule has 0 aliphatic rings. The smallest absolute Gasteiger partial charge is 0.274 e. The monoisotopic (exact) mass is 386 g/mol. The molecule has 3 aromatic rings. The van der Waals surface area contributed by atoms with Crippen LogP contribution in [0.1, 0.15) is 28.4 Å². The van der Waals surface area contributed by atoms with E-state index >= 15 is 0 Å². The number of carbonyl (C=O) groups excluding carboxylic acids is 2. The molecule has 0 radical (unpaired) electrons. The van der Waals surface area contributed by atoms with Crippen LogP contribution in [0.4, 0.5) is 5.82 Å². The van der Waals surface area contributed by atoms with Gasteiger partial charge in [0.2, 0.25) is 5.91 Å². The number of amides is 2. The zero-order chi connectivity index (χ0) is 20.8. The van der Waals surface area contributed by atoms with E-state index in [-0.39, 0.29) is 11.5 Å². The van der Waals surface area contributed by atoms with Crippen LogP contribution >= 0.6 is 0 Å². The first-order chi connectivity index (χ1) is 14.0. The highest BCUT2D eigenvalue weighted by Gasteiger charge is 2.15. The van der Waals surface area contributed by atoms with Gasteiger partial charge in [0.15, 0.2) is 0 Å². The summed E-state index contributed by atoms with van der Waals surface area (Å²) in [4.78, 5) is 33.4. The summed E-state index contributed by atoms with van der Waals surface area (Å²) in [7, 11) is 1.56. The summed E-state index contributed by atoms with van der Waals surface area (Å²) in [5.41, 5.74) is 4.64. The van der Waals surface area contributed by atoms with Crippen molar-refractivity contribution >= 4 is 17.6 Å². The Morgan fingerprint density at radius 1 is 1.07 bits per heavy atom. The summed E-state index contributed by atoms with van der Waals surface area (Å²) < 4.78 is 0. The number of hydrogen-bond acceptors (Lipinski definition) is 5. The topological polar surface area (TPSA) is 95.4 Å². The van der Waals surface area contributed by atoms with Gasteiger partial charge >= 0.3 is 0 Å². The van der Waals surface area contributed by atoms with Gasteiger partial charge in [-0.15, -0.1) is 0 Å². The molecule has 2 heterocycles. The highest BCUT2D eigenvalue weighted by atomic mass is 16.5. The number of aromatic nitrogens is 2. The Bertz CT molecular complexity index is 1100. The van der Waals surface area contributed by atoms with Crippen LogP contribution in [0.3, 0.4) is 0 Å². The predicted molar refractivity (Wildman–Crippen MR) is 108 cm³/mol. The Labute approximate surface area is 168 Å². The molecule has 0 atom stereocenters. The molecule has 0 aliphatic heterocycles. The van der Waals surface area contributed by atoms with Crippen molar-refractivity contribution in [3.05, 3.63) is 77.6 Å². The highest BCUT2D eigenvalue weighted by Crippen LogP contribution is 2.23. The number of rotatable bonds is 3. The Morgan fingerprint density at radius 2 is 1.79 bits per heavy atom. The lowest BCUT2D eigenvalue weighted by atomic mass is 10.1. The Hall–Kier alpha value is -4.02. The third-order valence-corrected chi connectivity index (χ3v) is 4.18. The molecule has 0 fully saturated rings. The SMILES string of the molecule is CC(=O)N(C)c1cc(C(=O)NO)cc(-c2ccc(C#Cc3cccnc3)cc2)n1. The number of pyridine rings is 2. The van der Waals surface area contributed by atoms with E-state index in [0.717, 1.165) is 16.7 Å². The van der Waals surface area contributed by atoms with Crippen LogP contribution in [-0.2, 0) is 4.79 Å². The van der Waals surface area contributed by atoms with Gasteiger partial charge in [-0.2, -0.15) is 0 Å². The third kappa shape index (κ3) is 4.83. The van der Waals surface area contributed by atoms with Crippen molar-refractivity contribution in [2.45, 2.75) is 6.92 Å². The molecule has 7 nitrogen and oxygen atoms in total. The molecule has 0 saturated carbocycles. The van der Waals surface area contributed by atoms with Gasteiger partial charge < -0.3 is 4.90 Å². The van der Waals surface area contributed by atoms with E-state index in [4.69, 9.17) is 5.21 Å². The molecule has 2 N–H and O–H groups in total. The normalized spacial score (nSPS) is 9.90. The first-order valence-electron chi connectivity index (χ1n) is 8.71. The number of nitrogens with zero attached hydrogens (tertiary/aromatic N) is 3. The maximum absolute atomic E-state index is 11.9. The quantitative estimate of drug-likeness (QED) is 0.410. The molecule has 3 rings (SSSR count). The molecule has 0 bridgehead atoms.